The number of hydrogen-bond donors (Lipinski definition) is 4. The summed E-state index contributed by atoms with van der Waals surface area (Å²) in [5, 5.41) is 32.5. The summed E-state index contributed by atoms with van der Waals surface area (Å²) >= 11 is 6.04. The van der Waals surface area contributed by atoms with E-state index in [2.05, 4.69) is 28.6 Å². The highest BCUT2D eigenvalue weighted by Gasteiger charge is 2.34. The Morgan fingerprint density at radius 3 is 2.14 bits per heavy atom. The first-order valence-corrected chi connectivity index (χ1v) is 12.3. The number of amides is 2. The molecule has 0 heterocycles. The van der Waals surface area contributed by atoms with Crippen molar-refractivity contribution in [1.29, 1.82) is 5.26 Å². The third-order valence-electron chi connectivity index (χ3n) is 5.58. The van der Waals surface area contributed by atoms with Crippen LogP contribution in [0, 0.1) is 23.7 Å². The molecule has 37 heavy (non-hydrogen) atoms. The third kappa shape index (κ3) is 9.96. The fraction of sp³-hybridized carbons (Fsp3) is 0.429. The lowest BCUT2D eigenvalue weighted by Crippen LogP contribution is -2.57. The van der Waals surface area contributed by atoms with Crippen LogP contribution < -0.4 is 10.6 Å². The van der Waals surface area contributed by atoms with Gasteiger partial charge in [-0.15, -0.1) is 0 Å². The lowest BCUT2D eigenvalue weighted by Gasteiger charge is -2.31. The van der Waals surface area contributed by atoms with Crippen LogP contribution in [0.25, 0.3) is 0 Å². The third-order valence-corrected chi connectivity index (χ3v) is 5.81. The van der Waals surface area contributed by atoms with E-state index < -0.39 is 42.5 Å². The van der Waals surface area contributed by atoms with Crippen LogP contribution in [0.5, 0.6) is 0 Å². The number of benzene rings is 2. The van der Waals surface area contributed by atoms with E-state index in [0.29, 0.717) is 10.6 Å². The zero-order valence-corrected chi connectivity index (χ0v) is 23.1. The maximum absolute atomic E-state index is 12.9. The summed E-state index contributed by atoms with van der Waals surface area (Å²) in [4.78, 5) is 29.6. The number of aliphatic imine (C=N–C) groups is 1. The van der Waals surface area contributed by atoms with Crippen molar-refractivity contribution in [2.24, 2.45) is 10.4 Å². The number of aliphatic hydroxyl groups excluding tert-OH is 2. The van der Waals surface area contributed by atoms with E-state index in [9.17, 15) is 19.8 Å². The Morgan fingerprint density at radius 2 is 1.68 bits per heavy atom. The summed E-state index contributed by atoms with van der Waals surface area (Å²) in [5.74, 6) is -1.01. The lowest BCUT2D eigenvalue weighted by molar-refractivity contribution is -0.130. The van der Waals surface area contributed by atoms with Crippen LogP contribution in [0.1, 0.15) is 49.9 Å². The van der Waals surface area contributed by atoms with Crippen molar-refractivity contribution < 1.29 is 19.8 Å². The zero-order chi connectivity index (χ0) is 28.2. The highest BCUT2D eigenvalue weighted by Crippen LogP contribution is 2.21. The molecule has 1 atom stereocenters. The fourth-order valence-electron chi connectivity index (χ4n) is 3.32. The number of halogens is 1. The van der Waals surface area contributed by atoms with E-state index in [0.717, 1.165) is 17.5 Å². The number of aryl methyl sites for hydroxylation is 2. The molecule has 0 saturated heterocycles. The van der Waals surface area contributed by atoms with Gasteiger partial charge in [0, 0.05) is 17.6 Å². The van der Waals surface area contributed by atoms with Crippen LogP contribution in [0.15, 0.2) is 47.5 Å². The predicted molar refractivity (Wildman–Crippen MR) is 147 cm³/mol. The minimum atomic E-state index is -0.901. The van der Waals surface area contributed by atoms with Crippen LogP contribution in [0.3, 0.4) is 0 Å². The minimum absolute atomic E-state index is 0.165. The van der Waals surface area contributed by atoms with Gasteiger partial charge in [0.05, 0.1) is 30.9 Å². The van der Waals surface area contributed by atoms with Crippen LogP contribution in [-0.4, -0.2) is 60.1 Å². The van der Waals surface area contributed by atoms with Gasteiger partial charge in [-0.25, -0.2) is 0 Å². The Labute approximate surface area is 224 Å². The van der Waals surface area contributed by atoms with E-state index in [1.165, 1.54) is 12.6 Å². The summed E-state index contributed by atoms with van der Waals surface area (Å²) in [5.41, 5.74) is 2.97. The quantitative estimate of drug-likeness (QED) is 0.390. The van der Waals surface area contributed by atoms with Gasteiger partial charge in [-0.1, -0.05) is 57.5 Å². The standard InChI is InChI=1S/C19H28ClN3O4.C9H9N/c1-11-6-7-12(20)8-14(11)15(21-5)17(26)23-16(19(2,3)4)18(27)22-13(9-24)10-25;1-2-8-3-5-9(7-10)6-4-8/h6-8,13,16,24-25H,9-10H2,1-5H3,(H,22,27)(H,23,26);3-6H,2H2,1H3. The van der Waals surface area contributed by atoms with Gasteiger partial charge in [0.1, 0.15) is 11.8 Å². The first-order chi connectivity index (χ1) is 17.4. The smallest absolute Gasteiger partial charge is 0.270 e. The van der Waals surface area contributed by atoms with Crippen molar-refractivity contribution >= 4 is 29.1 Å². The summed E-state index contributed by atoms with van der Waals surface area (Å²) < 4.78 is 0. The molecule has 4 N–H and O–H groups in total. The number of carbonyl (C=O) groups excluding carboxylic acids is 2. The molecule has 2 aromatic rings. The molecule has 1 unspecified atom stereocenters. The van der Waals surface area contributed by atoms with Gasteiger partial charge >= 0.3 is 0 Å². The highest BCUT2D eigenvalue weighted by atomic mass is 35.5. The molecule has 2 amide bonds. The second-order valence-corrected chi connectivity index (χ2v) is 9.97. The van der Waals surface area contributed by atoms with Crippen molar-refractivity contribution in [2.75, 3.05) is 20.3 Å². The van der Waals surface area contributed by atoms with Gasteiger partial charge in [-0.05, 0) is 54.2 Å². The SMILES string of the molecule is CCc1ccc(C#N)cc1.CN=C(C(=O)NC(C(=O)NC(CO)CO)C(C)(C)C)c1cc(Cl)ccc1C. The Kier molecular flexibility index (Phi) is 13.0. The minimum Gasteiger partial charge on any atom is -0.394 e. The Bertz CT molecular complexity index is 1110. The zero-order valence-electron chi connectivity index (χ0n) is 22.3. The molecule has 0 aliphatic heterocycles. The summed E-state index contributed by atoms with van der Waals surface area (Å²) in [6, 6.07) is 13.2. The van der Waals surface area contributed by atoms with E-state index >= 15 is 0 Å². The summed E-state index contributed by atoms with van der Waals surface area (Å²) in [6.07, 6.45) is 1.03. The molecule has 0 aliphatic carbocycles. The molecule has 0 bridgehead atoms. The van der Waals surface area contributed by atoms with Gasteiger partial charge in [0.2, 0.25) is 5.91 Å². The Hall–Kier alpha value is -3.25. The van der Waals surface area contributed by atoms with Crippen LogP contribution in [0.2, 0.25) is 5.02 Å². The summed E-state index contributed by atoms with van der Waals surface area (Å²) in [7, 11) is 1.50. The van der Waals surface area contributed by atoms with Crippen LogP contribution in [-0.2, 0) is 16.0 Å². The van der Waals surface area contributed by atoms with E-state index in [-0.39, 0.29) is 5.71 Å². The molecule has 0 radical (unpaired) electrons. The number of carbonyl (C=O) groups is 2. The molecule has 9 heteroatoms. The van der Waals surface area contributed by atoms with Crippen molar-refractivity contribution in [1.82, 2.24) is 10.6 Å². The van der Waals surface area contributed by atoms with Crippen molar-refractivity contribution in [3.05, 3.63) is 69.7 Å². The van der Waals surface area contributed by atoms with Crippen molar-refractivity contribution in [3.8, 4) is 6.07 Å². The number of hydrogen-bond acceptors (Lipinski definition) is 6. The number of rotatable bonds is 8. The number of nitriles is 1. The molecule has 0 fully saturated rings. The highest BCUT2D eigenvalue weighted by molar-refractivity contribution is 6.46. The lowest BCUT2D eigenvalue weighted by atomic mass is 9.85. The number of aliphatic hydroxyl groups is 2. The maximum atomic E-state index is 12.9. The molecule has 0 spiro atoms. The first-order valence-electron chi connectivity index (χ1n) is 12.0. The number of nitrogens with one attached hydrogen (secondary N) is 2. The first kappa shape index (κ1) is 31.8. The molecule has 0 aromatic heterocycles. The number of nitrogens with zero attached hydrogens (tertiary/aromatic N) is 2. The maximum Gasteiger partial charge on any atom is 0.270 e. The van der Waals surface area contributed by atoms with E-state index in [1.54, 1.807) is 39.0 Å². The average Bonchev–Trinajstić information content (AvgIpc) is 2.87. The molecular formula is C28H37ClN4O4. The Morgan fingerprint density at radius 1 is 1.08 bits per heavy atom. The molecular weight excluding hydrogens is 492 g/mol. The molecule has 0 aliphatic rings. The predicted octanol–water partition coefficient (Wildman–Crippen LogP) is 3.19. The van der Waals surface area contributed by atoms with Crippen molar-refractivity contribution in [2.45, 2.75) is 53.1 Å². The fourth-order valence-corrected chi connectivity index (χ4v) is 3.49. The van der Waals surface area contributed by atoms with Gasteiger partial charge in [0.15, 0.2) is 0 Å². The van der Waals surface area contributed by atoms with Gasteiger partial charge in [0.25, 0.3) is 5.91 Å². The largest absolute Gasteiger partial charge is 0.394 e. The molecule has 8 nitrogen and oxygen atoms in total. The van der Waals surface area contributed by atoms with E-state index in [1.807, 2.05) is 31.2 Å². The van der Waals surface area contributed by atoms with Gasteiger partial charge in [-0.3, -0.25) is 14.6 Å². The second-order valence-electron chi connectivity index (χ2n) is 9.54. The van der Waals surface area contributed by atoms with Gasteiger partial charge in [-0.2, -0.15) is 5.26 Å². The topological polar surface area (TPSA) is 135 Å². The molecule has 2 rings (SSSR count). The monoisotopic (exact) mass is 528 g/mol. The molecule has 2 aromatic carbocycles. The summed E-state index contributed by atoms with van der Waals surface area (Å²) in [6.45, 7) is 8.53. The second kappa shape index (κ2) is 15.1. The Balaban J connectivity index is 0.000000568. The van der Waals surface area contributed by atoms with Crippen LogP contribution in [0.4, 0.5) is 0 Å². The average molecular weight is 529 g/mol. The van der Waals surface area contributed by atoms with Crippen LogP contribution >= 0.6 is 11.6 Å². The van der Waals surface area contributed by atoms with Crippen molar-refractivity contribution in [3.63, 3.8) is 0 Å². The van der Waals surface area contributed by atoms with E-state index in [4.69, 9.17) is 16.9 Å². The molecule has 200 valence electrons. The van der Waals surface area contributed by atoms with Gasteiger partial charge < -0.3 is 20.8 Å². The molecule has 0 saturated carbocycles. The normalized spacial score (nSPS) is 12.2.